The summed E-state index contributed by atoms with van der Waals surface area (Å²) in [4.78, 5) is 25.3. The molecule has 2 aliphatic heterocycles. The second kappa shape index (κ2) is 5.25. The fourth-order valence-electron chi connectivity index (χ4n) is 2.74. The number of amides is 2. The van der Waals surface area contributed by atoms with E-state index < -0.39 is 0 Å². The van der Waals surface area contributed by atoms with Crippen molar-refractivity contribution in [2.24, 2.45) is 0 Å². The summed E-state index contributed by atoms with van der Waals surface area (Å²) in [6, 6.07) is 5.67. The van der Waals surface area contributed by atoms with E-state index >= 15 is 0 Å². The van der Waals surface area contributed by atoms with E-state index in [1.165, 1.54) is 0 Å². The molecule has 1 unspecified atom stereocenters. The summed E-state index contributed by atoms with van der Waals surface area (Å²) in [6.45, 7) is 0.662. The lowest BCUT2D eigenvalue weighted by Gasteiger charge is -2.26. The number of rotatable bonds is 2. The normalized spacial score (nSPS) is 21.8. The van der Waals surface area contributed by atoms with Crippen molar-refractivity contribution in [2.75, 3.05) is 23.9 Å². The number of carbonyl (C=O) groups is 2. The fourth-order valence-corrected chi connectivity index (χ4v) is 2.74. The van der Waals surface area contributed by atoms with Gasteiger partial charge in [0.25, 0.3) is 5.91 Å². The third-order valence-electron chi connectivity index (χ3n) is 3.91. The summed E-state index contributed by atoms with van der Waals surface area (Å²) in [5.74, 6) is 0.0522. The zero-order valence-electron chi connectivity index (χ0n) is 11.5. The van der Waals surface area contributed by atoms with Crippen LogP contribution in [0.2, 0.25) is 0 Å². The van der Waals surface area contributed by atoms with Crippen LogP contribution in [0.5, 0.6) is 0 Å². The molecular formula is C15H18N2O3. The lowest BCUT2D eigenvalue weighted by atomic mass is 10.0. The molecule has 0 bridgehead atoms. The first kappa shape index (κ1) is 13.1. The first-order valence-corrected chi connectivity index (χ1v) is 6.97. The molecule has 1 fully saturated rings. The number of nitrogens with zero attached hydrogens (tertiary/aromatic N) is 1. The average molecular weight is 274 g/mol. The Morgan fingerprint density at radius 2 is 2.25 bits per heavy atom. The molecule has 0 aliphatic carbocycles. The minimum absolute atomic E-state index is 0.0808. The van der Waals surface area contributed by atoms with Gasteiger partial charge in [-0.1, -0.05) is 0 Å². The Kier molecular flexibility index (Phi) is 3.44. The Balaban J connectivity index is 1.75. The van der Waals surface area contributed by atoms with E-state index in [4.69, 9.17) is 4.74 Å². The van der Waals surface area contributed by atoms with Crippen molar-refractivity contribution in [2.45, 2.75) is 31.8 Å². The average Bonchev–Trinajstić information content (AvgIpc) is 2.97. The molecule has 1 aromatic carbocycles. The van der Waals surface area contributed by atoms with Crippen LogP contribution in [-0.4, -0.2) is 31.6 Å². The Bertz CT molecular complexity index is 550. The maximum absolute atomic E-state index is 12.0. The van der Waals surface area contributed by atoms with Crippen molar-refractivity contribution >= 4 is 23.2 Å². The van der Waals surface area contributed by atoms with E-state index in [-0.39, 0.29) is 17.9 Å². The molecule has 2 heterocycles. The quantitative estimate of drug-likeness (QED) is 0.893. The molecule has 1 N–H and O–H groups in total. The van der Waals surface area contributed by atoms with Crippen molar-refractivity contribution in [3.8, 4) is 0 Å². The van der Waals surface area contributed by atoms with Gasteiger partial charge in [0.1, 0.15) is 6.10 Å². The highest BCUT2D eigenvalue weighted by atomic mass is 16.5. The van der Waals surface area contributed by atoms with Gasteiger partial charge in [-0.05, 0) is 43.0 Å². The van der Waals surface area contributed by atoms with Crippen LogP contribution in [0.4, 0.5) is 11.4 Å². The largest absolute Gasteiger partial charge is 0.368 e. The Morgan fingerprint density at radius 1 is 1.40 bits per heavy atom. The van der Waals surface area contributed by atoms with Crippen LogP contribution in [0, 0.1) is 0 Å². The first-order chi connectivity index (χ1) is 9.65. The number of nitrogens with one attached hydrogen (secondary N) is 1. The second-order valence-corrected chi connectivity index (χ2v) is 5.29. The van der Waals surface area contributed by atoms with E-state index in [9.17, 15) is 9.59 Å². The van der Waals surface area contributed by atoms with E-state index in [0.29, 0.717) is 13.0 Å². The second-order valence-electron chi connectivity index (χ2n) is 5.29. The summed E-state index contributed by atoms with van der Waals surface area (Å²) in [5.41, 5.74) is 2.79. The summed E-state index contributed by atoms with van der Waals surface area (Å²) >= 11 is 0. The number of fused-ring (bicyclic) bond motifs is 1. The fraction of sp³-hybridized carbons (Fsp3) is 0.467. The summed E-state index contributed by atoms with van der Waals surface area (Å²) < 4.78 is 5.37. The molecule has 0 saturated carbocycles. The van der Waals surface area contributed by atoms with Crippen molar-refractivity contribution in [1.29, 1.82) is 0 Å². The van der Waals surface area contributed by atoms with Gasteiger partial charge in [0.15, 0.2) is 0 Å². The number of aryl methyl sites for hydroxylation is 1. The molecule has 106 valence electrons. The number of hydrogen-bond donors (Lipinski definition) is 1. The van der Waals surface area contributed by atoms with Crippen molar-refractivity contribution in [3.63, 3.8) is 0 Å². The van der Waals surface area contributed by atoms with Gasteiger partial charge in [0, 0.05) is 31.5 Å². The molecular weight excluding hydrogens is 256 g/mol. The number of hydrogen-bond acceptors (Lipinski definition) is 3. The number of carbonyl (C=O) groups excluding carboxylic acids is 2. The maximum atomic E-state index is 12.0. The first-order valence-electron chi connectivity index (χ1n) is 6.97. The Hall–Kier alpha value is -1.88. The smallest absolute Gasteiger partial charge is 0.253 e. The van der Waals surface area contributed by atoms with Crippen LogP contribution >= 0.6 is 0 Å². The van der Waals surface area contributed by atoms with Crippen LogP contribution in [0.1, 0.15) is 24.8 Å². The molecule has 2 amide bonds. The summed E-state index contributed by atoms with van der Waals surface area (Å²) in [6.07, 6.45) is 2.65. The van der Waals surface area contributed by atoms with Crippen LogP contribution in [0.25, 0.3) is 0 Å². The van der Waals surface area contributed by atoms with Crippen LogP contribution in [0.3, 0.4) is 0 Å². The topological polar surface area (TPSA) is 58.6 Å². The molecule has 1 atom stereocenters. The van der Waals surface area contributed by atoms with Crippen LogP contribution in [-0.2, 0) is 20.7 Å². The van der Waals surface area contributed by atoms with Gasteiger partial charge < -0.3 is 15.0 Å². The van der Waals surface area contributed by atoms with E-state index in [2.05, 4.69) is 5.32 Å². The summed E-state index contributed by atoms with van der Waals surface area (Å²) in [5, 5.41) is 2.89. The third-order valence-corrected chi connectivity index (χ3v) is 3.91. The van der Waals surface area contributed by atoms with Crippen LogP contribution in [0.15, 0.2) is 18.2 Å². The van der Waals surface area contributed by atoms with E-state index in [1.54, 1.807) is 11.9 Å². The predicted octanol–water partition coefficient (Wildman–Crippen LogP) is 1.71. The molecule has 1 saturated heterocycles. The molecule has 20 heavy (non-hydrogen) atoms. The van der Waals surface area contributed by atoms with Crippen LogP contribution < -0.4 is 10.2 Å². The van der Waals surface area contributed by atoms with Gasteiger partial charge in [-0.15, -0.1) is 0 Å². The van der Waals surface area contributed by atoms with Crippen molar-refractivity contribution < 1.29 is 14.3 Å². The number of benzene rings is 1. The molecule has 0 radical (unpaired) electrons. The number of ether oxygens (including phenoxy) is 1. The molecule has 0 spiro atoms. The Morgan fingerprint density at radius 3 is 3.00 bits per heavy atom. The lowest BCUT2D eigenvalue weighted by Crippen LogP contribution is -2.31. The highest BCUT2D eigenvalue weighted by molar-refractivity contribution is 5.98. The zero-order valence-corrected chi connectivity index (χ0v) is 11.5. The van der Waals surface area contributed by atoms with Gasteiger partial charge in [-0.3, -0.25) is 9.59 Å². The zero-order chi connectivity index (χ0) is 14.1. The minimum atomic E-state index is -0.324. The summed E-state index contributed by atoms with van der Waals surface area (Å²) in [7, 11) is 1.78. The molecule has 5 nitrogen and oxygen atoms in total. The lowest BCUT2D eigenvalue weighted by molar-refractivity contribution is -0.124. The standard InChI is InChI=1S/C15H18N2O3/c1-17-12-6-5-11(9-10(12)4-7-14(17)18)16-15(19)13-3-2-8-20-13/h5-6,9,13H,2-4,7-8H2,1H3,(H,16,19). The van der Waals surface area contributed by atoms with Gasteiger partial charge >= 0.3 is 0 Å². The monoisotopic (exact) mass is 274 g/mol. The highest BCUT2D eigenvalue weighted by Crippen LogP contribution is 2.29. The maximum Gasteiger partial charge on any atom is 0.253 e. The molecule has 2 aliphatic rings. The molecule has 3 rings (SSSR count). The predicted molar refractivity (Wildman–Crippen MR) is 75.8 cm³/mol. The SMILES string of the molecule is CN1C(=O)CCc2cc(NC(=O)C3CCCO3)ccc21. The van der Waals surface area contributed by atoms with E-state index in [1.807, 2.05) is 18.2 Å². The third kappa shape index (κ3) is 2.41. The molecule has 1 aromatic rings. The van der Waals surface area contributed by atoms with Gasteiger partial charge in [-0.25, -0.2) is 0 Å². The molecule has 0 aromatic heterocycles. The van der Waals surface area contributed by atoms with Crippen molar-refractivity contribution in [3.05, 3.63) is 23.8 Å². The Labute approximate surface area is 117 Å². The van der Waals surface area contributed by atoms with Gasteiger partial charge in [0.05, 0.1) is 0 Å². The molecule has 5 heteroatoms. The van der Waals surface area contributed by atoms with Crippen molar-refractivity contribution in [1.82, 2.24) is 0 Å². The number of anilines is 2. The van der Waals surface area contributed by atoms with Gasteiger partial charge in [0.2, 0.25) is 5.91 Å². The van der Waals surface area contributed by atoms with E-state index in [0.717, 1.165) is 36.2 Å². The van der Waals surface area contributed by atoms with Gasteiger partial charge in [-0.2, -0.15) is 0 Å². The highest BCUT2D eigenvalue weighted by Gasteiger charge is 2.25. The minimum Gasteiger partial charge on any atom is -0.368 e.